The van der Waals surface area contributed by atoms with E-state index in [0.29, 0.717) is 12.8 Å². The SMILES string of the molecule is CC(F)(C1CCN(C(=O)Nc2cncc(F)c2)CC1)[S+]([O-])c1cccc(F)c1. The molecule has 2 aromatic rings. The fourth-order valence-electron chi connectivity index (χ4n) is 3.25. The van der Waals surface area contributed by atoms with Gasteiger partial charge >= 0.3 is 6.03 Å². The van der Waals surface area contributed by atoms with Gasteiger partial charge < -0.3 is 14.8 Å². The van der Waals surface area contributed by atoms with Gasteiger partial charge in [0.1, 0.15) is 11.6 Å². The second-order valence-corrected chi connectivity index (χ2v) is 8.60. The average Bonchev–Trinajstić information content (AvgIpc) is 2.67. The van der Waals surface area contributed by atoms with Crippen LogP contribution in [-0.4, -0.2) is 38.6 Å². The molecule has 2 unspecified atom stereocenters. The number of aromatic nitrogens is 1. The summed E-state index contributed by atoms with van der Waals surface area (Å²) < 4.78 is 54.5. The standard InChI is InChI=1S/C19H20F3N3O2S/c1-19(22,28(27)17-4-2-3-14(20)10-17)13-5-7-25(8-6-13)18(26)24-16-9-15(21)11-23-12-16/h2-4,9-13H,5-8H2,1H3,(H,24,26). The molecule has 1 aromatic heterocycles. The van der Waals surface area contributed by atoms with Crippen LogP contribution in [0.3, 0.4) is 0 Å². The van der Waals surface area contributed by atoms with Gasteiger partial charge in [-0.3, -0.25) is 4.98 Å². The van der Waals surface area contributed by atoms with Crippen LogP contribution in [0.4, 0.5) is 23.7 Å². The van der Waals surface area contributed by atoms with E-state index in [1.165, 1.54) is 36.2 Å². The number of carbonyl (C=O) groups excluding carboxylic acids is 1. The molecule has 150 valence electrons. The molecule has 2 amide bonds. The fourth-order valence-corrected chi connectivity index (χ4v) is 4.67. The molecule has 2 heterocycles. The maximum absolute atomic E-state index is 15.3. The molecule has 1 aliphatic heterocycles. The zero-order valence-corrected chi connectivity index (χ0v) is 16.0. The summed E-state index contributed by atoms with van der Waals surface area (Å²) in [6, 6.07) is 5.83. The van der Waals surface area contributed by atoms with Gasteiger partial charge in [0.05, 0.1) is 18.1 Å². The van der Waals surface area contributed by atoms with Crippen LogP contribution in [0.15, 0.2) is 47.6 Å². The first-order chi connectivity index (χ1) is 13.3. The van der Waals surface area contributed by atoms with Crippen molar-refractivity contribution in [2.45, 2.75) is 29.7 Å². The summed E-state index contributed by atoms with van der Waals surface area (Å²) in [5.74, 6) is -1.68. The van der Waals surface area contributed by atoms with Crippen molar-refractivity contribution in [2.24, 2.45) is 5.92 Å². The van der Waals surface area contributed by atoms with Crippen LogP contribution in [0.1, 0.15) is 19.8 Å². The summed E-state index contributed by atoms with van der Waals surface area (Å²) >= 11 is -2.03. The first kappa shape index (κ1) is 20.5. The van der Waals surface area contributed by atoms with Crippen molar-refractivity contribution in [3.05, 3.63) is 54.4 Å². The lowest BCUT2D eigenvalue weighted by Crippen LogP contribution is -2.48. The molecule has 0 spiro atoms. The van der Waals surface area contributed by atoms with Gasteiger partial charge in [0.25, 0.3) is 5.00 Å². The molecule has 5 nitrogen and oxygen atoms in total. The van der Waals surface area contributed by atoms with Crippen molar-refractivity contribution in [1.29, 1.82) is 0 Å². The zero-order chi connectivity index (χ0) is 20.3. The summed E-state index contributed by atoms with van der Waals surface area (Å²) in [4.78, 5) is 17.5. The Hall–Kier alpha value is -2.26. The number of benzene rings is 1. The molecule has 3 rings (SSSR count). The minimum absolute atomic E-state index is 0.101. The number of halogens is 3. The van der Waals surface area contributed by atoms with Crippen LogP contribution < -0.4 is 5.32 Å². The van der Waals surface area contributed by atoms with Crippen molar-refractivity contribution in [3.63, 3.8) is 0 Å². The van der Waals surface area contributed by atoms with E-state index in [9.17, 15) is 18.1 Å². The van der Waals surface area contributed by atoms with Crippen LogP contribution in [-0.2, 0) is 11.2 Å². The van der Waals surface area contributed by atoms with E-state index >= 15 is 4.39 Å². The summed E-state index contributed by atoms with van der Waals surface area (Å²) in [5.41, 5.74) is 0.231. The molecule has 1 aromatic carbocycles. The third-order valence-corrected chi connectivity index (χ3v) is 6.58. The first-order valence-corrected chi connectivity index (χ1v) is 9.95. The van der Waals surface area contributed by atoms with Crippen molar-refractivity contribution in [3.8, 4) is 0 Å². The van der Waals surface area contributed by atoms with E-state index in [2.05, 4.69) is 10.3 Å². The normalized spacial score (nSPS) is 18.4. The highest BCUT2D eigenvalue weighted by Gasteiger charge is 2.48. The third-order valence-electron chi connectivity index (χ3n) is 4.84. The maximum Gasteiger partial charge on any atom is 0.321 e. The highest BCUT2D eigenvalue weighted by atomic mass is 32.2. The summed E-state index contributed by atoms with van der Waals surface area (Å²) in [5, 5.41) is 0.497. The van der Waals surface area contributed by atoms with E-state index < -0.39 is 39.8 Å². The lowest BCUT2D eigenvalue weighted by atomic mass is 9.92. The molecule has 0 bridgehead atoms. The number of anilines is 1. The highest BCUT2D eigenvalue weighted by Crippen LogP contribution is 2.39. The summed E-state index contributed by atoms with van der Waals surface area (Å²) in [6.07, 6.45) is 2.97. The van der Waals surface area contributed by atoms with E-state index in [1.54, 1.807) is 0 Å². The predicted molar refractivity (Wildman–Crippen MR) is 99.8 cm³/mol. The smallest absolute Gasteiger partial charge is 0.321 e. The van der Waals surface area contributed by atoms with Gasteiger partial charge in [-0.25, -0.2) is 13.6 Å². The fraction of sp³-hybridized carbons (Fsp3) is 0.368. The number of nitrogens with one attached hydrogen (secondary N) is 1. The number of alkyl halides is 1. The molecule has 0 saturated carbocycles. The van der Waals surface area contributed by atoms with E-state index in [1.807, 2.05) is 0 Å². The quantitative estimate of drug-likeness (QED) is 0.771. The topological polar surface area (TPSA) is 68.3 Å². The number of rotatable bonds is 4. The molecule has 0 aliphatic carbocycles. The van der Waals surface area contributed by atoms with Crippen LogP contribution in [0.5, 0.6) is 0 Å². The monoisotopic (exact) mass is 411 g/mol. The Bertz CT molecular complexity index is 845. The van der Waals surface area contributed by atoms with Gasteiger partial charge in [0, 0.05) is 49.2 Å². The number of hydrogen-bond acceptors (Lipinski definition) is 3. The lowest BCUT2D eigenvalue weighted by Gasteiger charge is -2.38. The Kier molecular flexibility index (Phi) is 6.14. The molecule has 0 radical (unpaired) electrons. The second-order valence-electron chi connectivity index (χ2n) is 6.80. The number of nitrogens with zero attached hydrogens (tertiary/aromatic N) is 2. The highest BCUT2D eigenvalue weighted by molar-refractivity contribution is 7.92. The summed E-state index contributed by atoms with van der Waals surface area (Å²) in [7, 11) is 0. The number of pyridine rings is 1. The Morgan fingerprint density at radius 2 is 1.96 bits per heavy atom. The number of amides is 2. The third kappa shape index (κ3) is 4.59. The Balaban J connectivity index is 1.60. The van der Waals surface area contributed by atoms with Gasteiger partial charge in [0.2, 0.25) is 0 Å². The minimum Gasteiger partial charge on any atom is -0.609 e. The number of carbonyl (C=O) groups is 1. The van der Waals surface area contributed by atoms with Crippen molar-refractivity contribution >= 4 is 22.9 Å². The van der Waals surface area contributed by atoms with Gasteiger partial charge in [-0.2, -0.15) is 4.39 Å². The number of hydrogen-bond donors (Lipinski definition) is 1. The Morgan fingerprint density at radius 1 is 1.25 bits per heavy atom. The van der Waals surface area contributed by atoms with Crippen LogP contribution in [0.2, 0.25) is 0 Å². The van der Waals surface area contributed by atoms with Gasteiger partial charge in [-0.1, -0.05) is 6.07 Å². The van der Waals surface area contributed by atoms with Gasteiger partial charge in [-0.05, 0) is 25.0 Å². The largest absolute Gasteiger partial charge is 0.609 e. The first-order valence-electron chi connectivity index (χ1n) is 8.80. The zero-order valence-electron chi connectivity index (χ0n) is 15.2. The second kappa shape index (κ2) is 8.40. The van der Waals surface area contributed by atoms with E-state index in [0.717, 1.165) is 18.3 Å². The van der Waals surface area contributed by atoms with Crippen LogP contribution in [0.25, 0.3) is 0 Å². The molecule has 9 heteroatoms. The van der Waals surface area contributed by atoms with E-state index in [-0.39, 0.29) is 23.7 Å². The molecular formula is C19H20F3N3O2S. The number of urea groups is 1. The van der Waals surface area contributed by atoms with Crippen molar-refractivity contribution < 1.29 is 22.5 Å². The molecule has 1 saturated heterocycles. The maximum atomic E-state index is 15.3. The molecule has 1 aliphatic rings. The number of piperidine rings is 1. The molecule has 2 atom stereocenters. The predicted octanol–water partition coefficient (Wildman–Crippen LogP) is 4.10. The Morgan fingerprint density at radius 3 is 2.61 bits per heavy atom. The lowest BCUT2D eigenvalue weighted by molar-refractivity contribution is 0.117. The summed E-state index contributed by atoms with van der Waals surface area (Å²) in [6.45, 7) is 1.78. The Labute approximate surface area is 164 Å². The van der Waals surface area contributed by atoms with Crippen LogP contribution in [0, 0.1) is 17.6 Å². The molecular weight excluding hydrogens is 391 g/mol. The minimum atomic E-state index is -2.05. The van der Waals surface area contributed by atoms with Crippen molar-refractivity contribution in [2.75, 3.05) is 18.4 Å². The molecule has 1 fully saturated rings. The van der Waals surface area contributed by atoms with Crippen LogP contribution >= 0.6 is 0 Å². The van der Waals surface area contributed by atoms with Gasteiger partial charge in [-0.15, -0.1) is 0 Å². The molecule has 28 heavy (non-hydrogen) atoms. The van der Waals surface area contributed by atoms with Gasteiger partial charge in [0.15, 0.2) is 4.90 Å². The van der Waals surface area contributed by atoms with E-state index in [4.69, 9.17) is 0 Å². The number of likely N-dealkylation sites (tertiary alicyclic amines) is 1. The van der Waals surface area contributed by atoms with Crippen molar-refractivity contribution in [1.82, 2.24) is 9.88 Å². The molecule has 1 N–H and O–H groups in total. The average molecular weight is 411 g/mol.